The number of alkyl halides is 4. The summed E-state index contributed by atoms with van der Waals surface area (Å²) in [5.74, 6) is -2.17. The average molecular weight is 328 g/mol. The first-order chi connectivity index (χ1) is 9.49. The van der Waals surface area contributed by atoms with Crippen molar-refractivity contribution < 1.29 is 18.0 Å². The van der Waals surface area contributed by atoms with Gasteiger partial charge in [0.15, 0.2) is 0 Å². The van der Waals surface area contributed by atoms with Gasteiger partial charge in [0.25, 0.3) is 0 Å². The maximum absolute atomic E-state index is 12.7. The molecule has 0 radical (unpaired) electrons. The predicted molar refractivity (Wildman–Crippen MR) is 78.2 cm³/mol. The molecule has 2 nitrogen and oxygen atoms in total. The minimum absolute atomic E-state index is 0.0589. The Morgan fingerprint density at radius 1 is 1.29 bits per heavy atom. The summed E-state index contributed by atoms with van der Waals surface area (Å²) in [4.78, 5) is 12.0. The SMILES string of the molecule is CC(C)(C)CC(Cl)CNC(=O)C1CCCC(C(F)(F)F)C1. The van der Waals surface area contributed by atoms with Gasteiger partial charge in [0.1, 0.15) is 0 Å². The molecule has 0 saturated heterocycles. The van der Waals surface area contributed by atoms with Gasteiger partial charge in [-0.15, -0.1) is 11.6 Å². The Hall–Kier alpha value is -0.450. The summed E-state index contributed by atoms with van der Waals surface area (Å²) in [5, 5.41) is 2.51. The summed E-state index contributed by atoms with van der Waals surface area (Å²) in [6, 6.07) is 0. The Kier molecular flexibility index (Phi) is 6.38. The van der Waals surface area contributed by atoms with Gasteiger partial charge in [0.05, 0.1) is 11.3 Å². The molecule has 0 aliphatic heterocycles. The van der Waals surface area contributed by atoms with Crippen LogP contribution in [0.25, 0.3) is 0 Å². The summed E-state index contributed by atoms with van der Waals surface area (Å²) < 4.78 is 38.2. The maximum atomic E-state index is 12.7. The van der Waals surface area contributed by atoms with E-state index in [4.69, 9.17) is 11.6 Å². The third-order valence-electron chi connectivity index (χ3n) is 3.84. The molecule has 0 spiro atoms. The molecule has 1 rings (SSSR count). The van der Waals surface area contributed by atoms with Crippen molar-refractivity contribution in [2.75, 3.05) is 6.54 Å². The van der Waals surface area contributed by atoms with Crippen molar-refractivity contribution in [3.8, 4) is 0 Å². The fourth-order valence-corrected chi connectivity index (χ4v) is 3.36. The molecular weight excluding hydrogens is 303 g/mol. The molecular formula is C15H25ClF3NO. The van der Waals surface area contributed by atoms with Gasteiger partial charge >= 0.3 is 6.18 Å². The van der Waals surface area contributed by atoms with E-state index in [1.165, 1.54) is 0 Å². The third kappa shape index (κ3) is 6.90. The Bertz CT molecular complexity index is 352. The van der Waals surface area contributed by atoms with E-state index in [0.29, 0.717) is 19.4 Å². The van der Waals surface area contributed by atoms with Gasteiger partial charge in [-0.3, -0.25) is 4.79 Å². The lowest BCUT2D eigenvalue weighted by atomic mass is 9.80. The third-order valence-corrected chi connectivity index (χ3v) is 4.15. The highest BCUT2D eigenvalue weighted by molar-refractivity contribution is 6.20. The van der Waals surface area contributed by atoms with Crippen LogP contribution in [0.15, 0.2) is 0 Å². The van der Waals surface area contributed by atoms with Gasteiger partial charge in [-0.1, -0.05) is 27.2 Å². The standard InChI is InChI=1S/C15H25ClF3NO/c1-14(2,3)8-12(16)9-20-13(21)10-5-4-6-11(7-10)15(17,18)19/h10-12H,4-9H2,1-3H3,(H,20,21). The first kappa shape index (κ1) is 18.6. The Morgan fingerprint density at radius 3 is 2.43 bits per heavy atom. The van der Waals surface area contributed by atoms with Gasteiger partial charge in [-0.2, -0.15) is 13.2 Å². The molecule has 1 saturated carbocycles. The normalized spacial score (nSPS) is 25.5. The fraction of sp³-hybridized carbons (Fsp3) is 0.933. The van der Waals surface area contributed by atoms with Crippen LogP contribution in [0.4, 0.5) is 13.2 Å². The number of rotatable bonds is 4. The van der Waals surface area contributed by atoms with Crippen molar-refractivity contribution in [1.82, 2.24) is 5.32 Å². The lowest BCUT2D eigenvalue weighted by Crippen LogP contribution is -2.39. The maximum Gasteiger partial charge on any atom is 0.391 e. The van der Waals surface area contributed by atoms with Crippen molar-refractivity contribution in [2.45, 2.75) is 64.4 Å². The number of carbonyl (C=O) groups is 1. The topological polar surface area (TPSA) is 29.1 Å². The van der Waals surface area contributed by atoms with Crippen LogP contribution in [-0.2, 0) is 4.79 Å². The highest BCUT2D eigenvalue weighted by Crippen LogP contribution is 2.39. The monoisotopic (exact) mass is 327 g/mol. The summed E-state index contributed by atoms with van der Waals surface area (Å²) in [5.41, 5.74) is 0.0589. The van der Waals surface area contributed by atoms with Crippen LogP contribution in [0.2, 0.25) is 0 Å². The first-order valence-electron chi connectivity index (χ1n) is 7.47. The number of halogens is 4. The van der Waals surface area contributed by atoms with E-state index in [-0.39, 0.29) is 29.5 Å². The largest absolute Gasteiger partial charge is 0.391 e. The van der Waals surface area contributed by atoms with Crippen LogP contribution in [0.5, 0.6) is 0 Å². The molecule has 0 heterocycles. The minimum Gasteiger partial charge on any atom is -0.354 e. The lowest BCUT2D eigenvalue weighted by molar-refractivity contribution is -0.186. The molecule has 1 fully saturated rings. The predicted octanol–water partition coefficient (Wildman–Crippen LogP) is 4.51. The summed E-state index contributed by atoms with van der Waals surface area (Å²) in [7, 11) is 0. The van der Waals surface area contributed by atoms with E-state index < -0.39 is 18.0 Å². The Morgan fingerprint density at radius 2 is 1.90 bits per heavy atom. The molecule has 1 aliphatic carbocycles. The quantitative estimate of drug-likeness (QED) is 0.756. The van der Waals surface area contributed by atoms with Crippen LogP contribution >= 0.6 is 11.6 Å². The first-order valence-corrected chi connectivity index (χ1v) is 7.91. The molecule has 21 heavy (non-hydrogen) atoms. The molecule has 1 aliphatic rings. The van der Waals surface area contributed by atoms with E-state index >= 15 is 0 Å². The molecule has 0 aromatic rings. The molecule has 0 aromatic heterocycles. The highest BCUT2D eigenvalue weighted by atomic mass is 35.5. The van der Waals surface area contributed by atoms with E-state index in [1.807, 2.05) is 0 Å². The van der Waals surface area contributed by atoms with Gasteiger partial charge in [-0.05, 0) is 31.1 Å². The fourth-order valence-electron chi connectivity index (χ4n) is 2.82. The average Bonchev–Trinajstić information content (AvgIpc) is 2.33. The molecule has 124 valence electrons. The molecule has 3 atom stereocenters. The van der Waals surface area contributed by atoms with Crippen LogP contribution < -0.4 is 5.32 Å². The zero-order valence-electron chi connectivity index (χ0n) is 12.9. The number of hydrogen-bond acceptors (Lipinski definition) is 1. The summed E-state index contributed by atoms with van der Waals surface area (Å²) in [6.07, 6.45) is -2.43. The van der Waals surface area contributed by atoms with Crippen molar-refractivity contribution in [2.24, 2.45) is 17.3 Å². The van der Waals surface area contributed by atoms with Crippen LogP contribution in [0, 0.1) is 17.3 Å². The highest BCUT2D eigenvalue weighted by Gasteiger charge is 2.43. The van der Waals surface area contributed by atoms with Gasteiger partial charge < -0.3 is 5.32 Å². The van der Waals surface area contributed by atoms with Gasteiger partial charge in [0.2, 0.25) is 5.91 Å². The smallest absolute Gasteiger partial charge is 0.354 e. The second-order valence-corrected chi connectivity index (χ2v) is 7.83. The number of amides is 1. The second-order valence-electron chi connectivity index (χ2n) is 7.21. The summed E-state index contributed by atoms with van der Waals surface area (Å²) in [6.45, 7) is 6.47. The van der Waals surface area contributed by atoms with Crippen LogP contribution in [-0.4, -0.2) is 24.0 Å². The van der Waals surface area contributed by atoms with Crippen LogP contribution in [0.1, 0.15) is 52.9 Å². The number of nitrogens with one attached hydrogen (secondary N) is 1. The van der Waals surface area contributed by atoms with Crippen molar-refractivity contribution in [3.63, 3.8) is 0 Å². The van der Waals surface area contributed by atoms with Crippen molar-refractivity contribution in [3.05, 3.63) is 0 Å². The van der Waals surface area contributed by atoms with E-state index in [1.54, 1.807) is 0 Å². The molecule has 1 amide bonds. The minimum atomic E-state index is -4.19. The van der Waals surface area contributed by atoms with Crippen molar-refractivity contribution in [1.29, 1.82) is 0 Å². The number of hydrogen-bond donors (Lipinski definition) is 1. The molecule has 6 heteroatoms. The molecule has 3 unspecified atom stereocenters. The van der Waals surface area contributed by atoms with E-state index in [0.717, 1.165) is 6.42 Å². The Balaban J connectivity index is 2.41. The van der Waals surface area contributed by atoms with Crippen molar-refractivity contribution >= 4 is 17.5 Å². The van der Waals surface area contributed by atoms with Crippen LogP contribution in [0.3, 0.4) is 0 Å². The molecule has 1 N–H and O–H groups in total. The second kappa shape index (κ2) is 7.21. The zero-order valence-corrected chi connectivity index (χ0v) is 13.7. The van der Waals surface area contributed by atoms with E-state index in [9.17, 15) is 18.0 Å². The van der Waals surface area contributed by atoms with Gasteiger partial charge in [0, 0.05) is 12.5 Å². The Labute approximate surface area is 129 Å². The zero-order chi connectivity index (χ0) is 16.3. The van der Waals surface area contributed by atoms with Gasteiger partial charge in [-0.25, -0.2) is 0 Å². The van der Waals surface area contributed by atoms with E-state index in [2.05, 4.69) is 26.1 Å². The number of carbonyl (C=O) groups excluding carboxylic acids is 1. The lowest BCUT2D eigenvalue weighted by Gasteiger charge is -2.30. The molecule has 0 aromatic carbocycles. The summed E-state index contributed by atoms with van der Waals surface area (Å²) >= 11 is 6.16. The molecule has 0 bridgehead atoms.